The van der Waals surface area contributed by atoms with Crippen molar-refractivity contribution in [3.8, 4) is 0 Å². The first-order chi connectivity index (χ1) is 11.9. The van der Waals surface area contributed by atoms with Crippen LogP contribution in [-0.4, -0.2) is 37.0 Å². The number of benzene rings is 1. The van der Waals surface area contributed by atoms with Crippen LogP contribution in [0.5, 0.6) is 0 Å². The molecule has 2 aliphatic heterocycles. The Bertz CT molecular complexity index is 646. The monoisotopic (exact) mass is 346 g/mol. The number of rotatable bonds is 5. The van der Waals surface area contributed by atoms with E-state index in [0.717, 1.165) is 25.0 Å². The minimum Gasteiger partial charge on any atom is -0.419 e. The standard InChI is InChI=1S/C19H22O6/c1-19(2)24-17(20)16(18(21)25-19)10-13-5-7-14(8-6-13)11-22-12-15-4-3-9-23-15/h5-8,10,15H,3-4,9,11-12H2,1-2H3. The molecule has 0 aliphatic carbocycles. The lowest BCUT2D eigenvalue weighted by molar-refractivity contribution is -0.222. The summed E-state index contributed by atoms with van der Waals surface area (Å²) < 4.78 is 21.3. The highest BCUT2D eigenvalue weighted by Gasteiger charge is 2.38. The van der Waals surface area contributed by atoms with Gasteiger partial charge in [-0.2, -0.15) is 0 Å². The Hall–Kier alpha value is -2.18. The second kappa shape index (κ2) is 7.37. The van der Waals surface area contributed by atoms with Gasteiger partial charge in [-0.25, -0.2) is 9.59 Å². The van der Waals surface area contributed by atoms with Crippen LogP contribution in [0, 0.1) is 0 Å². The Labute approximate surface area is 146 Å². The summed E-state index contributed by atoms with van der Waals surface area (Å²) >= 11 is 0. The predicted molar refractivity (Wildman–Crippen MR) is 89.3 cm³/mol. The molecule has 0 aromatic heterocycles. The summed E-state index contributed by atoms with van der Waals surface area (Å²) in [7, 11) is 0. The van der Waals surface area contributed by atoms with Crippen LogP contribution in [0.25, 0.3) is 6.08 Å². The molecule has 2 aliphatic rings. The molecule has 25 heavy (non-hydrogen) atoms. The minimum atomic E-state index is -1.23. The maximum atomic E-state index is 11.9. The highest BCUT2D eigenvalue weighted by atomic mass is 16.7. The van der Waals surface area contributed by atoms with Gasteiger partial charge in [0.1, 0.15) is 5.57 Å². The number of hydrogen-bond donors (Lipinski definition) is 0. The van der Waals surface area contributed by atoms with Gasteiger partial charge >= 0.3 is 11.9 Å². The molecule has 6 heteroatoms. The van der Waals surface area contributed by atoms with Gasteiger partial charge in [-0.15, -0.1) is 0 Å². The van der Waals surface area contributed by atoms with Gasteiger partial charge in [0, 0.05) is 20.5 Å². The molecule has 0 radical (unpaired) electrons. The quantitative estimate of drug-likeness (QED) is 0.464. The Balaban J connectivity index is 1.58. The van der Waals surface area contributed by atoms with Crippen molar-refractivity contribution in [2.45, 2.75) is 45.2 Å². The molecule has 1 unspecified atom stereocenters. The fourth-order valence-corrected chi connectivity index (χ4v) is 2.74. The molecular formula is C19H22O6. The fraction of sp³-hybridized carbons (Fsp3) is 0.474. The van der Waals surface area contributed by atoms with Crippen LogP contribution in [0.1, 0.15) is 37.8 Å². The first-order valence-corrected chi connectivity index (χ1v) is 8.40. The van der Waals surface area contributed by atoms with Crippen molar-refractivity contribution < 1.29 is 28.5 Å². The molecule has 1 aromatic carbocycles. The number of esters is 2. The third-order valence-electron chi connectivity index (χ3n) is 4.00. The summed E-state index contributed by atoms with van der Waals surface area (Å²) in [6.45, 7) is 4.95. The van der Waals surface area contributed by atoms with E-state index < -0.39 is 17.7 Å². The van der Waals surface area contributed by atoms with Crippen molar-refractivity contribution in [1.29, 1.82) is 0 Å². The van der Waals surface area contributed by atoms with Crippen molar-refractivity contribution in [3.63, 3.8) is 0 Å². The zero-order chi connectivity index (χ0) is 17.9. The number of carbonyl (C=O) groups is 2. The number of hydrogen-bond acceptors (Lipinski definition) is 6. The zero-order valence-corrected chi connectivity index (χ0v) is 14.4. The van der Waals surface area contributed by atoms with E-state index in [1.807, 2.05) is 24.3 Å². The largest absolute Gasteiger partial charge is 0.419 e. The lowest BCUT2D eigenvalue weighted by Gasteiger charge is -2.29. The van der Waals surface area contributed by atoms with Crippen LogP contribution in [-0.2, 0) is 35.1 Å². The molecule has 1 aromatic rings. The van der Waals surface area contributed by atoms with Crippen LogP contribution in [0.3, 0.4) is 0 Å². The van der Waals surface area contributed by atoms with Gasteiger partial charge in [-0.05, 0) is 30.0 Å². The highest BCUT2D eigenvalue weighted by Crippen LogP contribution is 2.24. The molecule has 134 valence electrons. The van der Waals surface area contributed by atoms with Crippen LogP contribution in [0.15, 0.2) is 29.8 Å². The van der Waals surface area contributed by atoms with E-state index in [4.69, 9.17) is 18.9 Å². The number of ether oxygens (including phenoxy) is 4. The lowest BCUT2D eigenvalue weighted by Crippen LogP contribution is -2.41. The smallest absolute Gasteiger partial charge is 0.348 e. The summed E-state index contributed by atoms with van der Waals surface area (Å²) in [6, 6.07) is 7.42. The normalized spacial score (nSPS) is 22.5. The fourth-order valence-electron chi connectivity index (χ4n) is 2.74. The third kappa shape index (κ3) is 4.67. The van der Waals surface area contributed by atoms with E-state index in [0.29, 0.717) is 18.8 Å². The van der Waals surface area contributed by atoms with E-state index in [1.54, 1.807) is 0 Å². The summed E-state index contributed by atoms with van der Waals surface area (Å²) in [4.78, 5) is 23.9. The average Bonchev–Trinajstić information content (AvgIpc) is 3.05. The average molecular weight is 346 g/mol. The zero-order valence-electron chi connectivity index (χ0n) is 14.4. The number of cyclic esters (lactones) is 2. The van der Waals surface area contributed by atoms with Crippen LogP contribution >= 0.6 is 0 Å². The van der Waals surface area contributed by atoms with Gasteiger partial charge < -0.3 is 18.9 Å². The lowest BCUT2D eigenvalue weighted by atomic mass is 10.1. The molecule has 0 saturated carbocycles. The van der Waals surface area contributed by atoms with Gasteiger partial charge in [0.05, 0.1) is 19.3 Å². The molecule has 2 saturated heterocycles. The molecule has 0 amide bonds. The molecule has 0 spiro atoms. The Kier molecular flexibility index (Phi) is 5.20. The molecule has 0 N–H and O–H groups in total. The second-order valence-corrected chi connectivity index (χ2v) is 6.63. The second-order valence-electron chi connectivity index (χ2n) is 6.63. The van der Waals surface area contributed by atoms with E-state index in [9.17, 15) is 9.59 Å². The molecule has 2 fully saturated rings. The SMILES string of the molecule is CC1(C)OC(=O)C(=Cc2ccc(COCC3CCCO3)cc2)C(=O)O1. The molecular weight excluding hydrogens is 324 g/mol. The van der Waals surface area contributed by atoms with Crippen LogP contribution < -0.4 is 0 Å². The van der Waals surface area contributed by atoms with Crippen LogP contribution in [0.2, 0.25) is 0 Å². The Morgan fingerprint density at radius 1 is 1.16 bits per heavy atom. The van der Waals surface area contributed by atoms with Gasteiger partial charge in [0.15, 0.2) is 0 Å². The van der Waals surface area contributed by atoms with Crippen molar-refractivity contribution >= 4 is 18.0 Å². The number of carbonyl (C=O) groups excluding carboxylic acids is 2. The summed E-state index contributed by atoms with van der Waals surface area (Å²) in [6.07, 6.45) is 3.82. The van der Waals surface area contributed by atoms with Gasteiger partial charge in [-0.1, -0.05) is 24.3 Å². The third-order valence-corrected chi connectivity index (χ3v) is 4.00. The molecule has 1 atom stereocenters. The summed E-state index contributed by atoms with van der Waals surface area (Å²) in [5.41, 5.74) is 1.61. The summed E-state index contributed by atoms with van der Waals surface area (Å²) in [5.74, 6) is -2.58. The van der Waals surface area contributed by atoms with Crippen molar-refractivity contribution in [1.82, 2.24) is 0 Å². The Morgan fingerprint density at radius 3 is 2.44 bits per heavy atom. The maximum absolute atomic E-state index is 11.9. The van der Waals surface area contributed by atoms with E-state index in [-0.39, 0.29) is 11.7 Å². The van der Waals surface area contributed by atoms with Crippen LogP contribution in [0.4, 0.5) is 0 Å². The molecule has 2 heterocycles. The first kappa shape index (κ1) is 17.6. The van der Waals surface area contributed by atoms with Gasteiger partial charge in [0.25, 0.3) is 5.79 Å². The van der Waals surface area contributed by atoms with Crippen molar-refractivity contribution in [2.24, 2.45) is 0 Å². The van der Waals surface area contributed by atoms with E-state index >= 15 is 0 Å². The highest BCUT2D eigenvalue weighted by molar-refractivity contribution is 6.18. The molecule has 3 rings (SSSR count). The van der Waals surface area contributed by atoms with E-state index in [1.165, 1.54) is 19.9 Å². The molecule has 6 nitrogen and oxygen atoms in total. The summed E-state index contributed by atoms with van der Waals surface area (Å²) in [5, 5.41) is 0. The van der Waals surface area contributed by atoms with E-state index in [2.05, 4.69) is 0 Å². The predicted octanol–water partition coefficient (Wildman–Crippen LogP) is 2.60. The molecule has 0 bridgehead atoms. The van der Waals surface area contributed by atoms with Gasteiger partial charge in [-0.3, -0.25) is 0 Å². The van der Waals surface area contributed by atoms with Crippen molar-refractivity contribution in [2.75, 3.05) is 13.2 Å². The minimum absolute atomic E-state index is 0.110. The first-order valence-electron chi connectivity index (χ1n) is 8.40. The van der Waals surface area contributed by atoms with Gasteiger partial charge in [0.2, 0.25) is 0 Å². The Morgan fingerprint density at radius 2 is 1.84 bits per heavy atom. The topological polar surface area (TPSA) is 71.1 Å². The van der Waals surface area contributed by atoms with Crippen molar-refractivity contribution in [3.05, 3.63) is 41.0 Å². The maximum Gasteiger partial charge on any atom is 0.348 e.